The van der Waals surface area contributed by atoms with Crippen molar-refractivity contribution >= 4 is 44.5 Å². The van der Waals surface area contributed by atoms with Gasteiger partial charge in [-0.2, -0.15) is 18.4 Å². The lowest BCUT2D eigenvalue weighted by molar-refractivity contribution is -0.126. The van der Waals surface area contributed by atoms with Crippen molar-refractivity contribution in [1.82, 2.24) is 19.4 Å². The number of likely N-dealkylation sites (tertiary alicyclic amines) is 1. The maximum Gasteiger partial charge on any atom is 0.393 e. The number of piperidine rings is 1. The van der Waals surface area contributed by atoms with Gasteiger partial charge in [0.25, 0.3) is 6.43 Å². The molecule has 1 saturated heterocycles. The van der Waals surface area contributed by atoms with Crippen LogP contribution in [0.25, 0.3) is 21.1 Å². The summed E-state index contributed by atoms with van der Waals surface area (Å²) in [4.78, 5) is 14.5. The van der Waals surface area contributed by atoms with Gasteiger partial charge in [0.15, 0.2) is 5.82 Å². The molecule has 2 aliphatic rings. The highest BCUT2D eigenvalue weighted by Crippen LogP contribution is 2.35. The quantitative estimate of drug-likeness (QED) is 0.218. The molecule has 1 aromatic carbocycles. The van der Waals surface area contributed by atoms with E-state index >= 15 is 0 Å². The van der Waals surface area contributed by atoms with Gasteiger partial charge in [-0.3, -0.25) is 9.89 Å². The van der Waals surface area contributed by atoms with Crippen LogP contribution in [0.2, 0.25) is 0 Å². The van der Waals surface area contributed by atoms with Crippen LogP contribution >= 0.6 is 11.3 Å². The summed E-state index contributed by atoms with van der Waals surface area (Å²) in [5, 5.41) is 14.4. The molecule has 3 aromatic heterocycles. The second-order valence-corrected chi connectivity index (χ2v) is 12.0. The van der Waals surface area contributed by atoms with Crippen LogP contribution in [0.15, 0.2) is 40.9 Å². The van der Waals surface area contributed by atoms with E-state index in [0.717, 1.165) is 58.6 Å². The lowest BCUT2D eigenvalue weighted by atomic mass is 10.0. The lowest BCUT2D eigenvalue weighted by Crippen LogP contribution is -2.39. The summed E-state index contributed by atoms with van der Waals surface area (Å²) >= 11 is 0.767. The summed E-state index contributed by atoms with van der Waals surface area (Å²) in [7, 11) is 0. The summed E-state index contributed by atoms with van der Waals surface area (Å²) in [5.74, 6) is -0.539. The molecule has 6 rings (SSSR count). The Morgan fingerprint density at radius 3 is 2.58 bits per heavy atom. The number of aryl methyl sites for hydroxylation is 1. The summed E-state index contributed by atoms with van der Waals surface area (Å²) < 4.78 is 67.9. The molecule has 0 aliphatic carbocycles. The molecule has 0 atom stereocenters. The number of allylic oxidation sites excluding steroid dienone is 1. The average Bonchev–Trinajstić information content (AvgIpc) is 3.70. The number of fused-ring (bicyclic) bond motifs is 2. The number of benzene rings is 1. The summed E-state index contributed by atoms with van der Waals surface area (Å²) in [6.07, 6.45) is -3.16. The van der Waals surface area contributed by atoms with Crippen molar-refractivity contribution in [2.75, 3.05) is 25.0 Å². The van der Waals surface area contributed by atoms with Crippen LogP contribution in [0.4, 0.5) is 27.8 Å². The average molecular weight is 614 g/mol. The SMILES string of the molecule is Cc1c(CN2CCC(Nc3nc(C(F)F)nc4sc(CC(F)(F)F)cc34)CC2)ccc2c1cc(C#N)n2CC1=CCN=C1. The Hall–Kier alpha value is -3.89. The highest BCUT2D eigenvalue weighted by Gasteiger charge is 2.30. The van der Waals surface area contributed by atoms with Gasteiger partial charge < -0.3 is 9.88 Å². The first kappa shape index (κ1) is 29.2. The number of hydrogen-bond donors (Lipinski definition) is 1. The van der Waals surface area contributed by atoms with Gasteiger partial charge in [-0.05, 0) is 54.7 Å². The molecule has 0 unspecified atom stereocenters. The maximum atomic E-state index is 13.5. The molecule has 0 bridgehead atoms. The van der Waals surface area contributed by atoms with E-state index in [1.54, 1.807) is 0 Å². The third-order valence-electron chi connectivity index (χ3n) is 7.99. The van der Waals surface area contributed by atoms with E-state index in [1.165, 1.54) is 6.07 Å². The van der Waals surface area contributed by atoms with Gasteiger partial charge in [-0.1, -0.05) is 12.1 Å². The number of aromatic nitrogens is 3. The molecular formula is C30H28F5N7S. The Morgan fingerprint density at radius 1 is 1.12 bits per heavy atom. The van der Waals surface area contributed by atoms with Crippen LogP contribution in [-0.2, 0) is 19.5 Å². The minimum absolute atomic E-state index is 0.00938. The highest BCUT2D eigenvalue weighted by atomic mass is 32.1. The van der Waals surface area contributed by atoms with Crippen LogP contribution in [0.5, 0.6) is 0 Å². The van der Waals surface area contributed by atoms with Crippen LogP contribution < -0.4 is 5.32 Å². The van der Waals surface area contributed by atoms with E-state index in [0.29, 0.717) is 37.0 Å². The number of rotatable bonds is 8. The predicted molar refractivity (Wildman–Crippen MR) is 157 cm³/mol. The molecule has 4 aromatic rings. The normalized spacial score (nSPS) is 16.5. The van der Waals surface area contributed by atoms with Gasteiger partial charge in [0.05, 0.1) is 24.9 Å². The summed E-state index contributed by atoms with van der Waals surface area (Å²) in [5.41, 5.74) is 4.98. The third kappa shape index (κ3) is 6.26. The van der Waals surface area contributed by atoms with E-state index in [1.807, 2.05) is 16.8 Å². The van der Waals surface area contributed by atoms with Crippen molar-refractivity contribution in [3.05, 3.63) is 63.4 Å². The number of hydrogen-bond acceptors (Lipinski definition) is 7. The van der Waals surface area contributed by atoms with Gasteiger partial charge in [0.1, 0.15) is 22.4 Å². The molecular weight excluding hydrogens is 585 g/mol. The zero-order valence-corrected chi connectivity index (χ0v) is 24.1. The molecule has 1 N–H and O–H groups in total. The molecule has 2 aliphatic heterocycles. The minimum atomic E-state index is -4.41. The van der Waals surface area contributed by atoms with Crippen molar-refractivity contribution < 1.29 is 22.0 Å². The van der Waals surface area contributed by atoms with Crippen LogP contribution in [-0.4, -0.2) is 57.5 Å². The number of aliphatic imine (C=N–C) groups is 1. The number of nitrogens with one attached hydrogen (secondary N) is 1. The van der Waals surface area contributed by atoms with Gasteiger partial charge in [-0.25, -0.2) is 18.7 Å². The molecule has 13 heteroatoms. The summed E-state index contributed by atoms with van der Waals surface area (Å²) in [6, 6.07) is 9.71. The highest BCUT2D eigenvalue weighted by molar-refractivity contribution is 7.18. The first-order valence-electron chi connectivity index (χ1n) is 13.9. The fourth-order valence-corrected chi connectivity index (χ4v) is 6.85. The minimum Gasteiger partial charge on any atom is -0.367 e. The fraction of sp³-hybridized carbons (Fsp3) is 0.400. The fourth-order valence-electron chi connectivity index (χ4n) is 5.79. The second kappa shape index (κ2) is 11.7. The molecule has 0 amide bonds. The van der Waals surface area contributed by atoms with Gasteiger partial charge >= 0.3 is 6.18 Å². The number of anilines is 1. The van der Waals surface area contributed by atoms with E-state index < -0.39 is 24.8 Å². The van der Waals surface area contributed by atoms with Crippen molar-refractivity contribution in [1.29, 1.82) is 5.26 Å². The van der Waals surface area contributed by atoms with Crippen LogP contribution in [0.1, 0.15) is 46.8 Å². The van der Waals surface area contributed by atoms with Gasteiger partial charge in [0.2, 0.25) is 0 Å². The topological polar surface area (TPSA) is 82.1 Å². The first-order valence-corrected chi connectivity index (χ1v) is 14.7. The monoisotopic (exact) mass is 613 g/mol. The van der Waals surface area contributed by atoms with E-state index in [4.69, 9.17) is 0 Å². The van der Waals surface area contributed by atoms with Gasteiger partial charge in [-0.15, -0.1) is 11.3 Å². The van der Waals surface area contributed by atoms with Crippen LogP contribution in [0, 0.1) is 18.3 Å². The standard InChI is InChI=1S/C30H28F5N7S/c1-17-19(2-3-25-23(17)10-21(13-36)42(25)15-18-4-7-37-14-18)16-41-8-5-20(6-9-41)38-27-24-11-22(12-30(33,34)35)43-29(24)40-28(39-27)26(31)32/h2-4,10-11,14,20,26H,5-9,12,15-16H2,1H3,(H,38,39,40). The Bertz CT molecular complexity index is 1770. The Morgan fingerprint density at radius 2 is 1.91 bits per heavy atom. The number of alkyl halides is 5. The smallest absolute Gasteiger partial charge is 0.367 e. The zero-order chi connectivity index (χ0) is 30.3. The molecule has 1 fully saturated rings. The van der Waals surface area contributed by atoms with Crippen molar-refractivity contribution in [3.8, 4) is 6.07 Å². The van der Waals surface area contributed by atoms with E-state index in [9.17, 15) is 27.2 Å². The van der Waals surface area contributed by atoms with Crippen molar-refractivity contribution in [2.45, 2.75) is 57.9 Å². The van der Waals surface area contributed by atoms with E-state index in [2.05, 4.69) is 56.4 Å². The number of nitriles is 1. The lowest BCUT2D eigenvalue weighted by Gasteiger charge is -2.33. The Labute approximate surface area is 248 Å². The summed E-state index contributed by atoms with van der Waals surface area (Å²) in [6.45, 7) is 5.54. The largest absolute Gasteiger partial charge is 0.393 e. The predicted octanol–water partition coefficient (Wildman–Crippen LogP) is 6.96. The van der Waals surface area contributed by atoms with Gasteiger partial charge in [0, 0.05) is 47.7 Å². The molecule has 5 heterocycles. The number of thiophene rings is 1. The molecule has 224 valence electrons. The Balaban J connectivity index is 1.15. The first-order chi connectivity index (χ1) is 20.6. The maximum absolute atomic E-state index is 13.5. The number of halogens is 5. The third-order valence-corrected chi connectivity index (χ3v) is 9.02. The van der Waals surface area contributed by atoms with Crippen LogP contribution in [0.3, 0.4) is 0 Å². The number of nitrogens with zero attached hydrogens (tertiary/aromatic N) is 6. The zero-order valence-electron chi connectivity index (χ0n) is 23.3. The molecule has 7 nitrogen and oxygen atoms in total. The molecule has 0 saturated carbocycles. The second-order valence-electron chi connectivity index (χ2n) is 10.9. The molecule has 43 heavy (non-hydrogen) atoms. The van der Waals surface area contributed by atoms with E-state index in [-0.39, 0.29) is 21.6 Å². The Kier molecular flexibility index (Phi) is 7.91. The molecule has 0 radical (unpaired) electrons. The molecule has 0 spiro atoms. The van der Waals surface area contributed by atoms with Crippen molar-refractivity contribution in [2.24, 2.45) is 4.99 Å². The van der Waals surface area contributed by atoms with Crippen molar-refractivity contribution in [3.63, 3.8) is 0 Å².